The zero-order valence-corrected chi connectivity index (χ0v) is 11.3. The number of hydrogen-bond acceptors (Lipinski definition) is 2. The van der Waals surface area contributed by atoms with Crippen molar-refractivity contribution in [2.75, 3.05) is 11.9 Å². The quantitative estimate of drug-likeness (QED) is 0.856. The fourth-order valence-electron chi connectivity index (χ4n) is 1.96. The van der Waals surface area contributed by atoms with E-state index in [1.165, 1.54) is 24.3 Å². The molecule has 112 valence electrons. The molecule has 0 saturated heterocycles. The van der Waals surface area contributed by atoms with Crippen LogP contribution in [0.25, 0.3) is 0 Å². The van der Waals surface area contributed by atoms with Crippen LogP contribution in [0, 0.1) is 12.7 Å². The highest BCUT2D eigenvalue weighted by atomic mass is 19.4. The van der Waals surface area contributed by atoms with Gasteiger partial charge in [0.1, 0.15) is 17.3 Å². The third-order valence-electron chi connectivity index (χ3n) is 3.04. The van der Waals surface area contributed by atoms with Crippen LogP contribution < -0.4 is 5.32 Å². The van der Waals surface area contributed by atoms with Crippen molar-refractivity contribution in [2.24, 2.45) is 0 Å². The topological polar surface area (TPSA) is 24.9 Å². The van der Waals surface area contributed by atoms with Crippen molar-refractivity contribution in [3.05, 3.63) is 59.0 Å². The Bertz CT molecular complexity index is 623. The maximum absolute atomic E-state index is 13.0. The maximum Gasteiger partial charge on any atom is 0.433 e. The Morgan fingerprint density at radius 3 is 2.57 bits per heavy atom. The molecule has 1 N–H and O–H groups in total. The average molecular weight is 298 g/mol. The normalized spacial score (nSPS) is 11.5. The van der Waals surface area contributed by atoms with E-state index in [4.69, 9.17) is 0 Å². The number of benzene rings is 1. The molecule has 1 heterocycles. The van der Waals surface area contributed by atoms with E-state index in [9.17, 15) is 17.6 Å². The lowest BCUT2D eigenvalue weighted by molar-refractivity contribution is -0.141. The van der Waals surface area contributed by atoms with Gasteiger partial charge in [0.25, 0.3) is 0 Å². The summed E-state index contributed by atoms with van der Waals surface area (Å²) in [6.45, 7) is 2.21. The second-order valence-electron chi connectivity index (χ2n) is 4.65. The van der Waals surface area contributed by atoms with E-state index in [-0.39, 0.29) is 11.6 Å². The molecule has 2 aromatic rings. The molecule has 0 amide bonds. The van der Waals surface area contributed by atoms with Gasteiger partial charge in [-0.1, -0.05) is 12.1 Å². The van der Waals surface area contributed by atoms with E-state index >= 15 is 0 Å². The van der Waals surface area contributed by atoms with Gasteiger partial charge >= 0.3 is 6.18 Å². The van der Waals surface area contributed by atoms with Crippen LogP contribution in [-0.4, -0.2) is 11.5 Å². The molecular formula is C15H14F4N2. The van der Waals surface area contributed by atoms with E-state index in [0.717, 1.165) is 17.2 Å². The SMILES string of the molecule is Cc1cc(F)ccc1CCNc1cccc(C(F)(F)F)n1. The highest BCUT2D eigenvalue weighted by Gasteiger charge is 2.32. The Balaban J connectivity index is 1.97. The first-order valence-electron chi connectivity index (χ1n) is 6.39. The lowest BCUT2D eigenvalue weighted by atomic mass is 10.1. The van der Waals surface area contributed by atoms with Gasteiger partial charge in [-0.3, -0.25) is 0 Å². The molecule has 0 atom stereocenters. The number of alkyl halides is 3. The first kappa shape index (κ1) is 15.3. The van der Waals surface area contributed by atoms with E-state index in [0.29, 0.717) is 13.0 Å². The van der Waals surface area contributed by atoms with Gasteiger partial charge < -0.3 is 5.32 Å². The molecule has 0 aliphatic carbocycles. The van der Waals surface area contributed by atoms with Crippen molar-refractivity contribution < 1.29 is 17.6 Å². The van der Waals surface area contributed by atoms with Crippen LogP contribution in [0.5, 0.6) is 0 Å². The highest BCUT2D eigenvalue weighted by molar-refractivity contribution is 5.36. The van der Waals surface area contributed by atoms with Crippen LogP contribution in [0.15, 0.2) is 36.4 Å². The largest absolute Gasteiger partial charge is 0.433 e. The fraction of sp³-hybridized carbons (Fsp3) is 0.267. The van der Waals surface area contributed by atoms with Gasteiger partial charge in [0.05, 0.1) is 0 Å². The molecule has 21 heavy (non-hydrogen) atoms. The molecule has 0 saturated carbocycles. The molecule has 0 unspecified atom stereocenters. The number of pyridine rings is 1. The number of aromatic nitrogens is 1. The number of nitrogens with one attached hydrogen (secondary N) is 1. The van der Waals surface area contributed by atoms with Gasteiger partial charge in [-0.05, 0) is 48.7 Å². The molecule has 0 aliphatic heterocycles. The maximum atomic E-state index is 13.0. The van der Waals surface area contributed by atoms with E-state index in [2.05, 4.69) is 10.3 Å². The monoisotopic (exact) mass is 298 g/mol. The van der Waals surface area contributed by atoms with Crippen LogP contribution in [0.4, 0.5) is 23.4 Å². The Hall–Kier alpha value is -2.11. The number of nitrogens with zero attached hydrogens (tertiary/aromatic N) is 1. The van der Waals surface area contributed by atoms with Gasteiger partial charge in [0.15, 0.2) is 0 Å². The Morgan fingerprint density at radius 1 is 1.14 bits per heavy atom. The van der Waals surface area contributed by atoms with Crippen LogP contribution >= 0.6 is 0 Å². The number of halogens is 4. The first-order valence-corrected chi connectivity index (χ1v) is 6.39. The summed E-state index contributed by atoms with van der Waals surface area (Å²) in [6.07, 6.45) is -3.88. The van der Waals surface area contributed by atoms with E-state index in [1.54, 1.807) is 13.0 Å². The van der Waals surface area contributed by atoms with E-state index in [1.807, 2.05) is 0 Å². The number of aryl methyl sites for hydroxylation is 1. The number of anilines is 1. The van der Waals surface area contributed by atoms with Crippen LogP contribution in [0.1, 0.15) is 16.8 Å². The van der Waals surface area contributed by atoms with Crippen molar-refractivity contribution in [1.82, 2.24) is 4.98 Å². The summed E-state index contributed by atoms with van der Waals surface area (Å²) < 4.78 is 50.5. The second kappa shape index (κ2) is 6.11. The van der Waals surface area contributed by atoms with Crippen LogP contribution in [0.2, 0.25) is 0 Å². The third-order valence-corrected chi connectivity index (χ3v) is 3.04. The molecule has 0 fully saturated rings. The summed E-state index contributed by atoms with van der Waals surface area (Å²) in [6, 6.07) is 8.18. The summed E-state index contributed by atoms with van der Waals surface area (Å²) in [5, 5.41) is 2.84. The zero-order valence-electron chi connectivity index (χ0n) is 11.3. The molecule has 2 rings (SSSR count). The summed E-state index contributed by atoms with van der Waals surface area (Å²) >= 11 is 0. The molecule has 1 aromatic heterocycles. The van der Waals surface area contributed by atoms with E-state index < -0.39 is 11.9 Å². The predicted octanol–water partition coefficient (Wildman–Crippen LogP) is 4.20. The van der Waals surface area contributed by atoms with Gasteiger partial charge in [0, 0.05) is 6.54 Å². The minimum atomic E-state index is -4.45. The molecule has 2 nitrogen and oxygen atoms in total. The zero-order chi connectivity index (χ0) is 15.5. The van der Waals surface area contributed by atoms with Gasteiger partial charge in [-0.25, -0.2) is 9.37 Å². The van der Waals surface area contributed by atoms with Crippen LogP contribution in [0.3, 0.4) is 0 Å². The van der Waals surface area contributed by atoms with Gasteiger partial charge in [-0.15, -0.1) is 0 Å². The molecule has 0 bridgehead atoms. The number of rotatable bonds is 4. The third kappa shape index (κ3) is 4.18. The van der Waals surface area contributed by atoms with Gasteiger partial charge in [-0.2, -0.15) is 13.2 Å². The predicted molar refractivity (Wildman–Crippen MR) is 72.6 cm³/mol. The van der Waals surface area contributed by atoms with Gasteiger partial charge in [0.2, 0.25) is 0 Å². The van der Waals surface area contributed by atoms with Crippen LogP contribution in [-0.2, 0) is 12.6 Å². The lowest BCUT2D eigenvalue weighted by Gasteiger charge is -2.10. The molecule has 1 aromatic carbocycles. The fourth-order valence-corrected chi connectivity index (χ4v) is 1.96. The number of hydrogen-bond donors (Lipinski definition) is 1. The Morgan fingerprint density at radius 2 is 1.90 bits per heavy atom. The molecular weight excluding hydrogens is 284 g/mol. The van der Waals surface area contributed by atoms with Crippen molar-refractivity contribution in [3.63, 3.8) is 0 Å². The van der Waals surface area contributed by atoms with Crippen molar-refractivity contribution in [3.8, 4) is 0 Å². The molecule has 0 spiro atoms. The molecule has 0 radical (unpaired) electrons. The summed E-state index contributed by atoms with van der Waals surface area (Å²) in [4.78, 5) is 3.52. The Kier molecular flexibility index (Phi) is 4.45. The second-order valence-corrected chi connectivity index (χ2v) is 4.65. The highest BCUT2D eigenvalue weighted by Crippen LogP contribution is 2.28. The molecule has 6 heteroatoms. The molecule has 0 aliphatic rings. The average Bonchev–Trinajstić information content (AvgIpc) is 2.41. The summed E-state index contributed by atoms with van der Waals surface area (Å²) in [5.41, 5.74) is 0.829. The Labute approximate surface area is 119 Å². The lowest BCUT2D eigenvalue weighted by Crippen LogP contribution is -2.12. The standard InChI is InChI=1S/C15H14F4N2/c1-10-9-12(16)6-5-11(10)7-8-20-14-4-2-3-13(21-14)15(17,18)19/h2-6,9H,7-8H2,1H3,(H,20,21). The summed E-state index contributed by atoms with van der Waals surface area (Å²) in [7, 11) is 0. The minimum Gasteiger partial charge on any atom is -0.370 e. The van der Waals surface area contributed by atoms with Crippen molar-refractivity contribution >= 4 is 5.82 Å². The smallest absolute Gasteiger partial charge is 0.370 e. The minimum absolute atomic E-state index is 0.171. The van der Waals surface area contributed by atoms with Crippen molar-refractivity contribution in [1.29, 1.82) is 0 Å². The van der Waals surface area contributed by atoms with Crippen molar-refractivity contribution in [2.45, 2.75) is 19.5 Å². The summed E-state index contributed by atoms with van der Waals surface area (Å²) in [5.74, 6) is -0.131. The first-order chi connectivity index (χ1) is 9.86.